The first-order chi connectivity index (χ1) is 18.9. The zero-order chi connectivity index (χ0) is 32.4. The smallest absolute Gasteiger partial charge is 0.293 e. The summed E-state index contributed by atoms with van der Waals surface area (Å²) in [6.07, 6.45) is -2.42. The van der Waals surface area contributed by atoms with Crippen LogP contribution in [-0.4, -0.2) is 48.0 Å². The molecule has 0 bridgehead atoms. The predicted molar refractivity (Wildman–Crippen MR) is 105 cm³/mol. The third-order valence-corrected chi connectivity index (χ3v) is 4.73. The van der Waals surface area contributed by atoms with Crippen molar-refractivity contribution < 1.29 is 33.5 Å². The summed E-state index contributed by atoms with van der Waals surface area (Å²) >= 11 is -0.0984. The van der Waals surface area contributed by atoms with Gasteiger partial charge in [-0.25, -0.2) is 0 Å². The van der Waals surface area contributed by atoms with Crippen LogP contribution in [0.2, 0.25) is 1.41 Å². The highest BCUT2D eigenvalue weighted by atomic mass is 32.1. The minimum absolute atomic E-state index is 0.0169. The molecular formula is C19H26FN3O3S. The molecule has 2 N–H and O–H groups in total. The fraction of sp³-hybridized carbons (Fsp3) is 0.579. The van der Waals surface area contributed by atoms with E-state index in [-0.39, 0.29) is 47.1 Å². The summed E-state index contributed by atoms with van der Waals surface area (Å²) in [4.78, 5) is 27.4. The molecule has 27 heavy (non-hydrogen) atoms. The van der Waals surface area contributed by atoms with E-state index < -0.39 is 89.7 Å². The quantitative estimate of drug-likeness (QED) is 0.736. The molecule has 148 valence electrons. The Hall–Kier alpha value is -1.93. The molecule has 8 heteroatoms. The molecule has 0 radical (unpaired) electrons. The van der Waals surface area contributed by atoms with Crippen molar-refractivity contribution in [1.82, 2.24) is 14.8 Å². The molecule has 1 unspecified atom stereocenters. The molecule has 0 aromatic carbocycles. The number of hydrogen-bond acceptors (Lipinski definition) is 5. The van der Waals surface area contributed by atoms with Crippen molar-refractivity contribution >= 4 is 27.5 Å². The highest BCUT2D eigenvalue weighted by Crippen LogP contribution is 2.33. The zero-order valence-electron chi connectivity index (χ0n) is 29.0. The first-order valence-corrected chi connectivity index (χ1v) is 8.75. The molecule has 1 aliphatic rings. The number of pyridine rings is 1. The molecule has 0 aliphatic carbocycles. The normalized spacial score (nSPS) is 28.4. The number of carbonyl (C=O) groups excluding carboxylic acids is 1. The van der Waals surface area contributed by atoms with E-state index >= 15 is 0 Å². The average Bonchev–Trinajstić information content (AvgIpc) is 3.13. The predicted octanol–water partition coefficient (Wildman–Crippen LogP) is 3.09. The van der Waals surface area contributed by atoms with Gasteiger partial charge in [0.2, 0.25) is 0 Å². The number of amides is 1. The molecule has 1 amide bonds. The van der Waals surface area contributed by atoms with Crippen LogP contribution in [0.5, 0.6) is 5.75 Å². The maximum Gasteiger partial charge on any atom is 0.293 e. The summed E-state index contributed by atoms with van der Waals surface area (Å²) in [5.41, 5.74) is -3.32. The lowest BCUT2D eigenvalue weighted by atomic mass is 10.1. The van der Waals surface area contributed by atoms with Crippen LogP contribution in [0.15, 0.2) is 10.8 Å². The second-order valence-corrected chi connectivity index (χ2v) is 6.54. The van der Waals surface area contributed by atoms with Gasteiger partial charge in [0.05, 0.1) is 8.13 Å². The number of fused-ring (bicyclic) bond motifs is 1. The van der Waals surface area contributed by atoms with E-state index in [4.69, 9.17) is 20.7 Å². The highest BCUT2D eigenvalue weighted by molar-refractivity contribution is 7.17. The lowest BCUT2D eigenvalue weighted by Gasteiger charge is -2.26. The first kappa shape index (κ1) is 8.21. The van der Waals surface area contributed by atoms with E-state index in [0.29, 0.717) is 0 Å². The van der Waals surface area contributed by atoms with Gasteiger partial charge in [-0.3, -0.25) is 14.2 Å². The number of carbonyl (C=O) groups is 1. The first-order valence-electron chi connectivity index (χ1n) is 15.4. The van der Waals surface area contributed by atoms with Gasteiger partial charge >= 0.3 is 0 Å². The molecule has 1 atom stereocenters. The van der Waals surface area contributed by atoms with Gasteiger partial charge in [-0.05, 0) is 58.6 Å². The number of likely N-dealkylation sites (tertiary alicyclic amines) is 1. The number of aromatic hydroxyl groups is 1. The fourth-order valence-electron chi connectivity index (χ4n) is 2.63. The van der Waals surface area contributed by atoms with Gasteiger partial charge < -0.3 is 15.3 Å². The number of rotatable bonds is 7. The Balaban J connectivity index is 2.19. The van der Waals surface area contributed by atoms with Gasteiger partial charge in [0.25, 0.3) is 12.9 Å². The third-order valence-electron chi connectivity index (χ3n) is 3.87. The van der Waals surface area contributed by atoms with Crippen LogP contribution in [0.1, 0.15) is 73.5 Å². The van der Waals surface area contributed by atoms with E-state index in [1.54, 1.807) is 0 Å². The molecule has 0 saturated carbocycles. The monoisotopic (exact) mass is 410 g/mol. The number of aromatic nitrogens is 1. The highest BCUT2D eigenvalue weighted by Gasteiger charge is 2.25. The Bertz CT molecular complexity index is 1400. The van der Waals surface area contributed by atoms with E-state index in [1.807, 2.05) is 0 Å². The maximum atomic E-state index is 14.6. The average molecular weight is 411 g/mol. The lowest BCUT2D eigenvalue weighted by molar-refractivity contribution is 0.0946. The molecule has 6 nitrogen and oxygen atoms in total. The molecule has 3 rings (SSSR count). The van der Waals surface area contributed by atoms with E-state index in [9.17, 15) is 14.0 Å². The second kappa shape index (κ2) is 8.39. The molecule has 1 saturated heterocycles. The second-order valence-electron chi connectivity index (χ2n) is 5.59. The topological polar surface area (TPSA) is 74.6 Å². The van der Waals surface area contributed by atoms with E-state index in [2.05, 4.69) is 5.11 Å². The molecule has 2 aromatic heterocycles. The Morgan fingerprint density at radius 1 is 1.67 bits per heavy atom. The van der Waals surface area contributed by atoms with Crippen LogP contribution in [-0.2, 0) is 0 Å². The van der Waals surface area contributed by atoms with Crippen molar-refractivity contribution in [3.05, 3.63) is 27.1 Å². The van der Waals surface area contributed by atoms with Gasteiger partial charge in [0.15, 0.2) is 6.54 Å². The number of piperidine rings is 1. The lowest BCUT2D eigenvalue weighted by Crippen LogP contribution is -2.36. The minimum Gasteiger partial charge on any atom is -0.506 e. The van der Waals surface area contributed by atoms with Crippen LogP contribution in [0.3, 0.4) is 0 Å². The van der Waals surface area contributed by atoms with Crippen molar-refractivity contribution in [3.8, 4) is 5.75 Å². The molecule has 0 spiro atoms. The number of halogens is 1. The molecule has 2 aromatic rings. The Kier molecular flexibility index (Phi) is 2.55. The van der Waals surface area contributed by atoms with Crippen molar-refractivity contribution in [3.63, 3.8) is 0 Å². The summed E-state index contributed by atoms with van der Waals surface area (Å²) in [5.74, 6) is -2.95. The Morgan fingerprint density at radius 3 is 3.15 bits per heavy atom. The largest absolute Gasteiger partial charge is 0.506 e. The van der Waals surface area contributed by atoms with Crippen LogP contribution < -0.4 is 10.9 Å². The standard InChI is InChI=1S/C19H26FN3O3S/c1-12(2)23-18(26)15(16(24)13-11-14(20)27-19(13)23)17(25)21-7-6-10-22-8-4-3-5-9-22/h11-12,24H,3-10H2,1-2H3,(H,21,25)/i1D3,2D3,3D2,7D,10D2,11D,12D/hD2. The minimum atomic E-state index is -3.86. The van der Waals surface area contributed by atoms with Gasteiger partial charge in [0.1, 0.15) is 16.1 Å². The number of thiophene rings is 1. The fourth-order valence-corrected chi connectivity index (χ4v) is 3.46. The van der Waals surface area contributed by atoms with E-state index in [1.165, 1.54) is 4.90 Å². The maximum absolute atomic E-state index is 14.6. The zero-order valence-corrected chi connectivity index (χ0v) is 14.8. The number of hydrogen-bond donors (Lipinski definition) is 2. The number of nitrogens with zero attached hydrogens (tertiary/aromatic N) is 2. The Morgan fingerprint density at radius 2 is 2.44 bits per heavy atom. The van der Waals surface area contributed by atoms with Crippen LogP contribution >= 0.6 is 11.3 Å². The van der Waals surface area contributed by atoms with Gasteiger partial charge in [-0.2, -0.15) is 4.39 Å². The molecular weight excluding hydrogens is 369 g/mol. The Labute approximate surface area is 182 Å². The van der Waals surface area contributed by atoms with Gasteiger partial charge in [-0.1, -0.05) is 17.7 Å². The van der Waals surface area contributed by atoms with Crippen LogP contribution in [0, 0.1) is 5.13 Å². The van der Waals surface area contributed by atoms with Crippen LogP contribution in [0.25, 0.3) is 10.2 Å². The SMILES string of the molecule is [2H]Oc1c(C(=O)N([2H])C([2H])CC([2H])([2H])N2CCC([2H])([2H])CC2)c(=O)n(C([2H])(C([2H])([2H])[2H])C([2H])([2H])[2H])c2sc(F)c([2H])c12. The van der Waals surface area contributed by atoms with E-state index in [0.717, 1.165) is 0 Å². The van der Waals surface area contributed by atoms with Crippen molar-refractivity contribution in [2.75, 3.05) is 26.1 Å². The summed E-state index contributed by atoms with van der Waals surface area (Å²) in [6, 6.07) is -4.99. The summed E-state index contributed by atoms with van der Waals surface area (Å²) < 4.78 is 133. The van der Waals surface area contributed by atoms with Crippen molar-refractivity contribution in [2.24, 2.45) is 0 Å². The molecule has 1 aliphatic heterocycles. The molecule has 1 fully saturated rings. The van der Waals surface area contributed by atoms with Crippen molar-refractivity contribution in [1.29, 1.82) is 1.43 Å². The third kappa shape index (κ3) is 4.16. The number of nitrogens with one attached hydrogen (secondary N) is 1. The molecule has 3 heterocycles. The van der Waals surface area contributed by atoms with Crippen LogP contribution in [0.4, 0.5) is 4.39 Å². The van der Waals surface area contributed by atoms with Crippen molar-refractivity contribution in [2.45, 2.75) is 45.4 Å². The van der Waals surface area contributed by atoms with Gasteiger partial charge in [-0.15, -0.1) is 0 Å². The summed E-state index contributed by atoms with van der Waals surface area (Å²) in [5, 5.41) is 1.84. The summed E-state index contributed by atoms with van der Waals surface area (Å²) in [7, 11) is 0. The van der Waals surface area contributed by atoms with Gasteiger partial charge in [0, 0.05) is 27.6 Å². The summed E-state index contributed by atoms with van der Waals surface area (Å²) in [6.45, 7) is -12.1.